The molecule has 1 aromatic rings. The lowest BCUT2D eigenvalue weighted by molar-refractivity contribution is -0.178. The second kappa shape index (κ2) is 8.05. The number of carbonyl (C=O) groups excluding carboxylic acids is 1. The van der Waals surface area contributed by atoms with E-state index in [4.69, 9.17) is 10.6 Å². The number of carbonyl (C=O) groups is 1. The van der Waals surface area contributed by atoms with Crippen LogP contribution in [0.3, 0.4) is 0 Å². The number of benzene rings is 1. The average Bonchev–Trinajstić information content (AvgIpc) is 2.37. The molecule has 0 aliphatic carbocycles. The zero-order valence-electron chi connectivity index (χ0n) is 10.4. The standard InChI is InChI=1S/C12H18N2O3.ClH/c1-14(17-2)12(16)11(15)10(13)8-9-6-4-3-5-7-9;/h3-7,10-11,15H,8,13H2,1-2H3;1H/t10-,11+;/m1./s1. The Kier molecular flexibility index (Phi) is 7.54. The predicted octanol–water partition coefficient (Wildman–Crippen LogP) is 0.359. The molecular weight excluding hydrogens is 256 g/mol. The highest BCUT2D eigenvalue weighted by Crippen LogP contribution is 2.06. The lowest BCUT2D eigenvalue weighted by atomic mass is 10.0. The lowest BCUT2D eigenvalue weighted by Crippen LogP contribution is -2.47. The molecule has 3 N–H and O–H groups in total. The Hall–Kier alpha value is -1.14. The van der Waals surface area contributed by atoms with Crippen LogP contribution in [0.2, 0.25) is 0 Å². The second-order valence-corrected chi connectivity index (χ2v) is 3.82. The second-order valence-electron chi connectivity index (χ2n) is 3.82. The number of rotatable bonds is 5. The Morgan fingerprint density at radius 3 is 2.50 bits per heavy atom. The molecule has 1 rings (SSSR count). The summed E-state index contributed by atoms with van der Waals surface area (Å²) in [6.45, 7) is 0. The van der Waals surface area contributed by atoms with Crippen LogP contribution >= 0.6 is 12.4 Å². The molecule has 0 spiro atoms. The molecule has 0 saturated carbocycles. The van der Waals surface area contributed by atoms with Gasteiger partial charge in [-0.2, -0.15) is 0 Å². The van der Waals surface area contributed by atoms with E-state index >= 15 is 0 Å². The third-order valence-corrected chi connectivity index (χ3v) is 2.56. The summed E-state index contributed by atoms with van der Waals surface area (Å²) in [4.78, 5) is 16.3. The fourth-order valence-electron chi connectivity index (χ4n) is 1.46. The van der Waals surface area contributed by atoms with E-state index in [1.807, 2.05) is 30.3 Å². The van der Waals surface area contributed by atoms with Gasteiger partial charge in [-0.1, -0.05) is 30.3 Å². The first kappa shape index (κ1) is 16.9. The van der Waals surface area contributed by atoms with Gasteiger partial charge in [0, 0.05) is 13.1 Å². The molecule has 2 atom stereocenters. The summed E-state index contributed by atoms with van der Waals surface area (Å²) in [6.07, 6.45) is -0.828. The van der Waals surface area contributed by atoms with Crippen LogP contribution in [0.15, 0.2) is 30.3 Å². The van der Waals surface area contributed by atoms with Gasteiger partial charge in [0.2, 0.25) is 0 Å². The number of nitrogens with zero attached hydrogens (tertiary/aromatic N) is 1. The van der Waals surface area contributed by atoms with E-state index in [1.165, 1.54) is 14.2 Å². The maximum atomic E-state index is 11.6. The van der Waals surface area contributed by atoms with Crippen LogP contribution in [0.4, 0.5) is 0 Å². The van der Waals surface area contributed by atoms with Crippen LogP contribution in [0, 0.1) is 0 Å². The maximum absolute atomic E-state index is 11.6. The molecule has 0 radical (unpaired) electrons. The van der Waals surface area contributed by atoms with Crippen molar-refractivity contribution in [3.05, 3.63) is 35.9 Å². The summed E-state index contributed by atoms with van der Waals surface area (Å²) in [5.41, 5.74) is 6.77. The molecule has 0 saturated heterocycles. The molecule has 18 heavy (non-hydrogen) atoms. The van der Waals surface area contributed by atoms with E-state index in [1.54, 1.807) is 0 Å². The monoisotopic (exact) mass is 274 g/mol. The zero-order chi connectivity index (χ0) is 12.8. The van der Waals surface area contributed by atoms with Crippen LogP contribution in [0.1, 0.15) is 5.56 Å². The summed E-state index contributed by atoms with van der Waals surface area (Å²) in [5, 5.41) is 10.7. The fourth-order valence-corrected chi connectivity index (χ4v) is 1.46. The number of hydrogen-bond donors (Lipinski definition) is 2. The summed E-state index contributed by atoms with van der Waals surface area (Å²) >= 11 is 0. The Morgan fingerprint density at radius 2 is 2.00 bits per heavy atom. The van der Waals surface area contributed by atoms with Crippen LogP contribution in [-0.4, -0.2) is 42.4 Å². The van der Waals surface area contributed by atoms with Gasteiger partial charge in [0.25, 0.3) is 5.91 Å². The van der Waals surface area contributed by atoms with Crippen LogP contribution in [0.25, 0.3) is 0 Å². The Bertz CT molecular complexity index is 362. The first-order valence-corrected chi connectivity index (χ1v) is 5.35. The molecule has 0 aliphatic rings. The first-order chi connectivity index (χ1) is 8.06. The fraction of sp³-hybridized carbons (Fsp3) is 0.417. The molecule has 1 aromatic carbocycles. The molecule has 0 aromatic heterocycles. The SMILES string of the molecule is CON(C)C(=O)[C@@H](O)[C@H](N)Cc1ccccc1.Cl. The molecule has 0 heterocycles. The Labute approximate surface area is 113 Å². The molecule has 0 fully saturated rings. The van der Waals surface area contributed by atoms with E-state index in [9.17, 15) is 9.90 Å². The van der Waals surface area contributed by atoms with E-state index in [2.05, 4.69) is 0 Å². The van der Waals surface area contributed by atoms with Gasteiger partial charge in [0.15, 0.2) is 0 Å². The third kappa shape index (κ3) is 4.62. The highest BCUT2D eigenvalue weighted by atomic mass is 35.5. The maximum Gasteiger partial charge on any atom is 0.276 e. The quantitative estimate of drug-likeness (QED) is 0.760. The van der Waals surface area contributed by atoms with Gasteiger partial charge in [-0.05, 0) is 12.0 Å². The van der Waals surface area contributed by atoms with Gasteiger partial charge in [-0.15, -0.1) is 12.4 Å². The van der Waals surface area contributed by atoms with E-state index in [0.717, 1.165) is 10.6 Å². The van der Waals surface area contributed by atoms with E-state index in [-0.39, 0.29) is 12.4 Å². The normalized spacial score (nSPS) is 13.3. The highest BCUT2D eigenvalue weighted by molar-refractivity contribution is 5.85. The largest absolute Gasteiger partial charge is 0.382 e. The topological polar surface area (TPSA) is 75.8 Å². The molecule has 102 valence electrons. The van der Waals surface area contributed by atoms with Crippen molar-refractivity contribution in [3.63, 3.8) is 0 Å². The van der Waals surface area contributed by atoms with Crippen molar-refractivity contribution in [1.82, 2.24) is 5.06 Å². The summed E-state index contributed by atoms with van der Waals surface area (Å²) in [7, 11) is 2.79. The minimum atomic E-state index is -1.26. The Balaban J connectivity index is 0.00000289. The number of aliphatic hydroxyl groups is 1. The van der Waals surface area contributed by atoms with Crippen molar-refractivity contribution in [1.29, 1.82) is 0 Å². The molecule has 0 bridgehead atoms. The lowest BCUT2D eigenvalue weighted by Gasteiger charge is -2.22. The molecule has 0 aliphatic heterocycles. The van der Waals surface area contributed by atoms with Crippen molar-refractivity contribution >= 4 is 18.3 Å². The number of likely N-dealkylation sites (N-methyl/N-ethyl adjacent to an activating group) is 1. The van der Waals surface area contributed by atoms with E-state index in [0.29, 0.717) is 6.42 Å². The van der Waals surface area contributed by atoms with Crippen molar-refractivity contribution in [2.75, 3.05) is 14.2 Å². The molecule has 5 nitrogen and oxygen atoms in total. The third-order valence-electron chi connectivity index (χ3n) is 2.56. The molecular formula is C12H19ClN2O3. The van der Waals surface area contributed by atoms with Gasteiger partial charge in [0.1, 0.15) is 6.10 Å². The molecule has 1 amide bonds. The van der Waals surface area contributed by atoms with Crippen LogP contribution < -0.4 is 5.73 Å². The number of halogens is 1. The summed E-state index contributed by atoms with van der Waals surface area (Å²) in [5.74, 6) is -0.545. The highest BCUT2D eigenvalue weighted by Gasteiger charge is 2.26. The number of aliphatic hydroxyl groups excluding tert-OH is 1. The van der Waals surface area contributed by atoms with Gasteiger partial charge >= 0.3 is 0 Å². The van der Waals surface area contributed by atoms with E-state index < -0.39 is 18.1 Å². The minimum Gasteiger partial charge on any atom is -0.382 e. The average molecular weight is 275 g/mol. The number of amides is 1. The van der Waals surface area contributed by atoms with Gasteiger partial charge in [0.05, 0.1) is 7.11 Å². The Morgan fingerprint density at radius 1 is 1.44 bits per heavy atom. The number of hydroxylamine groups is 2. The van der Waals surface area contributed by atoms with Gasteiger partial charge in [-0.25, -0.2) is 5.06 Å². The van der Waals surface area contributed by atoms with Crippen LogP contribution in [0.5, 0.6) is 0 Å². The van der Waals surface area contributed by atoms with Gasteiger partial charge < -0.3 is 10.8 Å². The smallest absolute Gasteiger partial charge is 0.276 e. The van der Waals surface area contributed by atoms with Crippen molar-refractivity contribution in [2.45, 2.75) is 18.6 Å². The number of hydrogen-bond acceptors (Lipinski definition) is 4. The zero-order valence-corrected chi connectivity index (χ0v) is 11.3. The van der Waals surface area contributed by atoms with Crippen LogP contribution in [-0.2, 0) is 16.1 Å². The van der Waals surface area contributed by atoms with Crippen molar-refractivity contribution < 1.29 is 14.7 Å². The predicted molar refractivity (Wildman–Crippen MR) is 71.2 cm³/mol. The van der Waals surface area contributed by atoms with Crippen molar-refractivity contribution in [3.8, 4) is 0 Å². The van der Waals surface area contributed by atoms with Crippen molar-refractivity contribution in [2.24, 2.45) is 5.73 Å². The molecule has 6 heteroatoms. The molecule has 0 unspecified atom stereocenters. The summed E-state index contributed by atoms with van der Waals surface area (Å²) in [6, 6.07) is 8.82. The number of nitrogens with two attached hydrogens (primary N) is 1. The van der Waals surface area contributed by atoms with Gasteiger partial charge in [-0.3, -0.25) is 9.63 Å². The summed E-state index contributed by atoms with van der Waals surface area (Å²) < 4.78 is 0. The minimum absolute atomic E-state index is 0. The first-order valence-electron chi connectivity index (χ1n) is 5.35.